The summed E-state index contributed by atoms with van der Waals surface area (Å²) >= 11 is 1.79. The van der Waals surface area contributed by atoms with Crippen LogP contribution < -0.4 is 20.7 Å². The molecular weight excluding hydrogens is 474 g/mol. The van der Waals surface area contributed by atoms with Crippen LogP contribution in [0.25, 0.3) is 11.3 Å². The molecule has 2 heterocycles. The number of amides is 2. The van der Waals surface area contributed by atoms with Gasteiger partial charge in [0.1, 0.15) is 17.9 Å². The summed E-state index contributed by atoms with van der Waals surface area (Å²) < 4.78 is 5.64. The predicted octanol–water partition coefficient (Wildman–Crippen LogP) is 4.20. The molecule has 1 aromatic heterocycles. The second-order valence-corrected chi connectivity index (χ2v) is 9.72. The van der Waals surface area contributed by atoms with Crippen LogP contribution in [-0.4, -0.2) is 54.5 Å². The van der Waals surface area contributed by atoms with Crippen LogP contribution in [0.4, 0.5) is 11.5 Å². The molecule has 0 radical (unpaired) electrons. The molecule has 1 aliphatic rings. The van der Waals surface area contributed by atoms with E-state index in [4.69, 9.17) is 4.74 Å². The number of ether oxygens (including phenoxy) is 1. The SMILES string of the molecule is CNC(=O)c1ccc(C(C)C(CNc2cc(-c3ccc4c(c3)NC(=O)C4)ncn2)CSC)c(OC)c1. The average molecular weight is 506 g/mol. The summed E-state index contributed by atoms with van der Waals surface area (Å²) in [4.78, 5) is 32.6. The lowest BCUT2D eigenvalue weighted by atomic mass is 9.87. The number of methoxy groups -OCH3 is 1. The Kier molecular flexibility index (Phi) is 8.10. The van der Waals surface area contributed by atoms with E-state index in [1.807, 2.05) is 36.4 Å². The normalized spacial score (nSPS) is 13.9. The smallest absolute Gasteiger partial charge is 0.251 e. The molecule has 2 unspecified atom stereocenters. The molecule has 0 saturated heterocycles. The first-order chi connectivity index (χ1) is 17.4. The minimum Gasteiger partial charge on any atom is -0.496 e. The third kappa shape index (κ3) is 5.62. The van der Waals surface area contributed by atoms with E-state index >= 15 is 0 Å². The number of carbonyl (C=O) groups excluding carboxylic acids is 2. The van der Waals surface area contributed by atoms with Crippen LogP contribution >= 0.6 is 11.8 Å². The number of rotatable bonds is 10. The van der Waals surface area contributed by atoms with Crippen LogP contribution in [-0.2, 0) is 11.2 Å². The van der Waals surface area contributed by atoms with Gasteiger partial charge in [-0.25, -0.2) is 9.97 Å². The maximum Gasteiger partial charge on any atom is 0.251 e. The van der Waals surface area contributed by atoms with Gasteiger partial charge in [-0.15, -0.1) is 0 Å². The fourth-order valence-electron chi connectivity index (χ4n) is 4.44. The molecule has 3 aromatic rings. The van der Waals surface area contributed by atoms with Gasteiger partial charge in [0.05, 0.1) is 19.2 Å². The highest BCUT2D eigenvalue weighted by molar-refractivity contribution is 7.98. The molecule has 1 aliphatic heterocycles. The lowest BCUT2D eigenvalue weighted by Gasteiger charge is -2.26. The van der Waals surface area contributed by atoms with Crippen molar-refractivity contribution in [2.45, 2.75) is 19.3 Å². The third-order valence-electron chi connectivity index (χ3n) is 6.54. The van der Waals surface area contributed by atoms with Crippen LogP contribution in [0.2, 0.25) is 0 Å². The molecule has 8 nitrogen and oxygen atoms in total. The Morgan fingerprint density at radius 1 is 1.19 bits per heavy atom. The fraction of sp³-hybridized carbons (Fsp3) is 0.333. The van der Waals surface area contributed by atoms with Crippen molar-refractivity contribution < 1.29 is 14.3 Å². The van der Waals surface area contributed by atoms with Crippen molar-refractivity contribution in [3.05, 3.63) is 65.5 Å². The Morgan fingerprint density at radius 2 is 2.03 bits per heavy atom. The molecule has 2 aromatic carbocycles. The standard InChI is InChI=1S/C27H31N5O3S/c1-16(21-8-7-19(27(34)28-2)10-24(21)35-3)20(14-36-4)13-29-25-12-22(30-15-31-25)17-5-6-18-11-26(33)32-23(18)9-17/h5-10,12,15-16,20H,11,13-14H2,1-4H3,(H,28,34)(H,32,33)(H,29,30,31). The van der Waals surface area contributed by atoms with E-state index < -0.39 is 0 Å². The van der Waals surface area contributed by atoms with Crippen molar-refractivity contribution in [1.82, 2.24) is 15.3 Å². The van der Waals surface area contributed by atoms with E-state index in [1.54, 1.807) is 38.3 Å². The third-order valence-corrected chi connectivity index (χ3v) is 7.31. The molecule has 3 N–H and O–H groups in total. The average Bonchev–Trinajstić information content (AvgIpc) is 3.29. The number of hydrogen-bond acceptors (Lipinski definition) is 7. The van der Waals surface area contributed by atoms with E-state index in [-0.39, 0.29) is 23.7 Å². The van der Waals surface area contributed by atoms with Gasteiger partial charge in [0.25, 0.3) is 5.91 Å². The van der Waals surface area contributed by atoms with Crippen molar-refractivity contribution in [3.63, 3.8) is 0 Å². The molecule has 4 rings (SSSR count). The van der Waals surface area contributed by atoms with Gasteiger partial charge in [-0.1, -0.05) is 25.1 Å². The van der Waals surface area contributed by atoms with E-state index in [9.17, 15) is 9.59 Å². The molecule has 2 amide bonds. The minimum absolute atomic E-state index is 0.0149. The number of nitrogens with zero attached hydrogens (tertiary/aromatic N) is 2. The number of anilines is 2. The number of hydrogen-bond donors (Lipinski definition) is 3. The lowest BCUT2D eigenvalue weighted by molar-refractivity contribution is -0.115. The van der Waals surface area contributed by atoms with Gasteiger partial charge in [-0.3, -0.25) is 9.59 Å². The maximum atomic E-state index is 12.0. The van der Waals surface area contributed by atoms with E-state index in [2.05, 4.69) is 39.1 Å². The highest BCUT2D eigenvalue weighted by Crippen LogP contribution is 2.34. The molecular formula is C27H31N5O3S. The molecule has 9 heteroatoms. The first kappa shape index (κ1) is 25.5. The lowest BCUT2D eigenvalue weighted by Crippen LogP contribution is -2.23. The zero-order valence-electron chi connectivity index (χ0n) is 20.9. The molecule has 2 atom stereocenters. The molecule has 0 saturated carbocycles. The second kappa shape index (κ2) is 11.4. The van der Waals surface area contributed by atoms with Crippen molar-refractivity contribution in [2.24, 2.45) is 5.92 Å². The van der Waals surface area contributed by atoms with E-state index in [0.717, 1.165) is 39.6 Å². The highest BCUT2D eigenvalue weighted by Gasteiger charge is 2.23. The summed E-state index contributed by atoms with van der Waals surface area (Å²) in [5.41, 5.74) is 5.20. The van der Waals surface area contributed by atoms with E-state index in [1.165, 1.54) is 0 Å². The Labute approximate surface area is 215 Å². The molecule has 188 valence electrons. The van der Waals surface area contributed by atoms with Crippen LogP contribution in [0.1, 0.15) is 34.3 Å². The Hall–Kier alpha value is -3.59. The van der Waals surface area contributed by atoms with Gasteiger partial charge < -0.3 is 20.7 Å². The summed E-state index contributed by atoms with van der Waals surface area (Å²) in [6.07, 6.45) is 4.07. The van der Waals surface area contributed by atoms with E-state index in [0.29, 0.717) is 24.3 Å². The molecule has 0 aliphatic carbocycles. The zero-order valence-corrected chi connectivity index (χ0v) is 21.7. The van der Waals surface area contributed by atoms with Crippen LogP contribution in [0.5, 0.6) is 5.75 Å². The fourth-order valence-corrected chi connectivity index (χ4v) is 5.28. The predicted molar refractivity (Wildman–Crippen MR) is 145 cm³/mol. The summed E-state index contributed by atoms with van der Waals surface area (Å²) in [7, 11) is 3.25. The van der Waals surface area contributed by atoms with Gasteiger partial charge in [0.2, 0.25) is 5.91 Å². The highest BCUT2D eigenvalue weighted by atomic mass is 32.2. The topological polar surface area (TPSA) is 105 Å². The number of aromatic nitrogens is 2. The summed E-state index contributed by atoms with van der Waals surface area (Å²) in [5, 5.41) is 9.04. The first-order valence-electron chi connectivity index (χ1n) is 11.8. The Balaban J connectivity index is 1.50. The number of thioether (sulfide) groups is 1. The van der Waals surface area contributed by atoms with Crippen LogP contribution in [0.15, 0.2) is 48.8 Å². The van der Waals surface area contributed by atoms with Crippen LogP contribution in [0, 0.1) is 5.92 Å². The van der Waals surface area contributed by atoms with Gasteiger partial charge in [0, 0.05) is 36.5 Å². The second-order valence-electron chi connectivity index (χ2n) is 8.81. The minimum atomic E-state index is -0.139. The Morgan fingerprint density at radius 3 is 2.78 bits per heavy atom. The zero-order chi connectivity index (χ0) is 25.7. The summed E-state index contributed by atoms with van der Waals surface area (Å²) in [5.74, 6) is 2.74. The summed E-state index contributed by atoms with van der Waals surface area (Å²) in [6, 6.07) is 13.5. The van der Waals surface area contributed by atoms with Crippen molar-refractivity contribution in [1.29, 1.82) is 0 Å². The van der Waals surface area contributed by atoms with Crippen molar-refractivity contribution in [3.8, 4) is 17.0 Å². The van der Waals surface area contributed by atoms with Gasteiger partial charge in [0.15, 0.2) is 0 Å². The van der Waals surface area contributed by atoms with Gasteiger partial charge in [-0.05, 0) is 53.2 Å². The summed E-state index contributed by atoms with van der Waals surface area (Å²) in [6.45, 7) is 2.89. The van der Waals surface area contributed by atoms with Crippen molar-refractivity contribution >= 4 is 35.1 Å². The number of carbonyl (C=O) groups is 2. The van der Waals surface area contributed by atoms with Gasteiger partial charge in [-0.2, -0.15) is 11.8 Å². The van der Waals surface area contributed by atoms with Crippen molar-refractivity contribution in [2.75, 3.05) is 43.3 Å². The van der Waals surface area contributed by atoms with Gasteiger partial charge >= 0.3 is 0 Å². The largest absolute Gasteiger partial charge is 0.496 e. The maximum absolute atomic E-state index is 12.0. The quantitative estimate of drug-likeness (QED) is 0.379. The number of benzene rings is 2. The van der Waals surface area contributed by atoms with Crippen LogP contribution in [0.3, 0.4) is 0 Å². The number of fused-ring (bicyclic) bond motifs is 1. The molecule has 0 spiro atoms. The molecule has 0 fully saturated rings. The Bertz CT molecular complexity index is 1270. The molecule has 36 heavy (non-hydrogen) atoms. The number of nitrogens with one attached hydrogen (secondary N) is 3. The monoisotopic (exact) mass is 505 g/mol. The molecule has 0 bridgehead atoms. The first-order valence-corrected chi connectivity index (χ1v) is 13.2.